The number of carbonyl (C=O) groups is 1. The predicted molar refractivity (Wildman–Crippen MR) is 72.2 cm³/mol. The minimum Gasteiger partial charge on any atom is -0.465 e. The van der Waals surface area contributed by atoms with E-state index >= 15 is 0 Å². The van der Waals surface area contributed by atoms with Crippen LogP contribution in [0.1, 0.15) is 31.9 Å². The molecule has 0 aliphatic heterocycles. The van der Waals surface area contributed by atoms with Gasteiger partial charge in [0.2, 0.25) is 0 Å². The summed E-state index contributed by atoms with van der Waals surface area (Å²) in [6, 6.07) is 7.28. The Hall–Kier alpha value is -1.54. The Kier molecular flexibility index (Phi) is 4.36. The maximum atomic E-state index is 11.2. The molecule has 1 amide bonds. The van der Waals surface area contributed by atoms with Crippen molar-refractivity contribution in [1.29, 1.82) is 5.26 Å². The summed E-state index contributed by atoms with van der Waals surface area (Å²) in [6.07, 6.45) is -0.971. The third-order valence-electron chi connectivity index (χ3n) is 2.47. The molecule has 0 aromatic heterocycles. The van der Waals surface area contributed by atoms with Crippen molar-refractivity contribution in [3.05, 3.63) is 33.8 Å². The summed E-state index contributed by atoms with van der Waals surface area (Å²) in [5, 5.41) is 18.1. The molecule has 0 heterocycles. The molecule has 0 spiro atoms. The van der Waals surface area contributed by atoms with E-state index in [0.717, 1.165) is 10.0 Å². The average Bonchev–Trinajstić information content (AvgIpc) is 2.23. The lowest BCUT2D eigenvalue weighted by atomic mass is 10.0. The standard InChI is InChI=1S/C13H15BrN2O2/c1-13(2,3)16(12(17)18)8-10-4-9(7-15)5-11(14)6-10/h4-6H,8H2,1-3H3,(H,17,18). The first-order chi connectivity index (χ1) is 8.24. The Morgan fingerprint density at radius 2 is 2.06 bits per heavy atom. The monoisotopic (exact) mass is 310 g/mol. The molecule has 0 aliphatic rings. The summed E-state index contributed by atoms with van der Waals surface area (Å²) >= 11 is 3.31. The fourth-order valence-electron chi connectivity index (χ4n) is 1.58. The molecule has 0 saturated carbocycles. The van der Waals surface area contributed by atoms with Gasteiger partial charge in [0.15, 0.2) is 0 Å². The number of benzene rings is 1. The van der Waals surface area contributed by atoms with Crippen LogP contribution in [0.4, 0.5) is 4.79 Å². The molecule has 0 unspecified atom stereocenters. The van der Waals surface area contributed by atoms with Crippen LogP contribution in [0.2, 0.25) is 0 Å². The van der Waals surface area contributed by atoms with E-state index in [1.165, 1.54) is 4.90 Å². The molecular weight excluding hydrogens is 296 g/mol. The fourth-order valence-corrected chi connectivity index (χ4v) is 2.12. The molecule has 18 heavy (non-hydrogen) atoms. The van der Waals surface area contributed by atoms with Gasteiger partial charge >= 0.3 is 6.09 Å². The van der Waals surface area contributed by atoms with Gasteiger partial charge in [-0.05, 0) is 44.5 Å². The summed E-state index contributed by atoms with van der Waals surface area (Å²) in [5.74, 6) is 0. The number of hydrogen-bond acceptors (Lipinski definition) is 2. The first-order valence-corrected chi connectivity index (χ1v) is 6.23. The van der Waals surface area contributed by atoms with Gasteiger partial charge in [-0.1, -0.05) is 15.9 Å². The highest BCUT2D eigenvalue weighted by molar-refractivity contribution is 9.10. The SMILES string of the molecule is CC(C)(C)N(Cc1cc(Br)cc(C#N)c1)C(=O)O. The zero-order valence-corrected chi connectivity index (χ0v) is 12.2. The highest BCUT2D eigenvalue weighted by atomic mass is 79.9. The molecule has 5 heteroatoms. The number of carboxylic acid groups (broad SMARTS) is 1. The molecule has 0 radical (unpaired) electrons. The van der Waals surface area contributed by atoms with Crippen molar-refractivity contribution < 1.29 is 9.90 Å². The topological polar surface area (TPSA) is 64.3 Å². The molecule has 0 bridgehead atoms. The van der Waals surface area contributed by atoms with Gasteiger partial charge in [-0.15, -0.1) is 0 Å². The van der Waals surface area contributed by atoms with Crippen molar-refractivity contribution >= 4 is 22.0 Å². The Bertz CT molecular complexity index is 501. The van der Waals surface area contributed by atoms with E-state index in [1.54, 1.807) is 12.1 Å². The van der Waals surface area contributed by atoms with Gasteiger partial charge in [-0.3, -0.25) is 4.90 Å². The number of halogens is 1. The van der Waals surface area contributed by atoms with E-state index in [4.69, 9.17) is 5.26 Å². The minimum absolute atomic E-state index is 0.257. The third-order valence-corrected chi connectivity index (χ3v) is 2.93. The first-order valence-electron chi connectivity index (χ1n) is 5.44. The number of rotatable bonds is 2. The highest BCUT2D eigenvalue weighted by Crippen LogP contribution is 2.21. The van der Waals surface area contributed by atoms with Crippen molar-refractivity contribution in [2.24, 2.45) is 0 Å². The molecule has 0 saturated heterocycles. The van der Waals surface area contributed by atoms with Crippen molar-refractivity contribution in [3.63, 3.8) is 0 Å². The minimum atomic E-state index is -0.971. The molecule has 1 aromatic carbocycles. The molecule has 0 aliphatic carbocycles. The molecular formula is C13H15BrN2O2. The van der Waals surface area contributed by atoms with E-state index in [9.17, 15) is 9.90 Å². The van der Waals surface area contributed by atoms with Crippen LogP contribution in [0.3, 0.4) is 0 Å². The molecule has 96 valence electrons. The Morgan fingerprint density at radius 3 is 2.50 bits per heavy atom. The van der Waals surface area contributed by atoms with Crippen LogP contribution < -0.4 is 0 Å². The zero-order valence-electron chi connectivity index (χ0n) is 10.6. The van der Waals surface area contributed by atoms with E-state index < -0.39 is 11.6 Å². The quantitative estimate of drug-likeness (QED) is 0.907. The second-order valence-corrected chi connectivity index (χ2v) is 5.92. The normalized spacial score (nSPS) is 10.8. The Morgan fingerprint density at radius 1 is 1.44 bits per heavy atom. The second-order valence-electron chi connectivity index (χ2n) is 5.00. The van der Waals surface area contributed by atoms with Crippen molar-refractivity contribution in [2.75, 3.05) is 0 Å². The second kappa shape index (κ2) is 5.40. The van der Waals surface area contributed by atoms with Crippen LogP contribution in [0.5, 0.6) is 0 Å². The number of nitriles is 1. The van der Waals surface area contributed by atoms with Crippen LogP contribution in [0.15, 0.2) is 22.7 Å². The molecule has 0 fully saturated rings. The smallest absolute Gasteiger partial charge is 0.408 e. The molecule has 0 atom stereocenters. The zero-order chi connectivity index (χ0) is 13.9. The summed E-state index contributed by atoms with van der Waals surface area (Å²) in [4.78, 5) is 12.6. The Labute approximate surface area is 115 Å². The van der Waals surface area contributed by atoms with Gasteiger partial charge in [0.25, 0.3) is 0 Å². The molecule has 1 rings (SSSR count). The largest absolute Gasteiger partial charge is 0.465 e. The van der Waals surface area contributed by atoms with E-state index in [-0.39, 0.29) is 6.54 Å². The summed E-state index contributed by atoms with van der Waals surface area (Å²) in [6.45, 7) is 5.77. The van der Waals surface area contributed by atoms with Gasteiger partial charge in [0, 0.05) is 16.6 Å². The fraction of sp³-hybridized carbons (Fsp3) is 0.385. The predicted octanol–water partition coefficient (Wildman–Crippen LogP) is 3.60. The van der Waals surface area contributed by atoms with Crippen molar-refractivity contribution in [1.82, 2.24) is 4.90 Å². The lowest BCUT2D eigenvalue weighted by molar-refractivity contribution is 0.0955. The van der Waals surface area contributed by atoms with Gasteiger partial charge in [-0.2, -0.15) is 5.26 Å². The van der Waals surface area contributed by atoms with Crippen LogP contribution in [-0.4, -0.2) is 21.6 Å². The molecule has 4 nitrogen and oxygen atoms in total. The lowest BCUT2D eigenvalue weighted by Gasteiger charge is -2.33. The summed E-state index contributed by atoms with van der Waals surface area (Å²) in [7, 11) is 0. The first kappa shape index (κ1) is 14.5. The third kappa shape index (κ3) is 3.74. The summed E-state index contributed by atoms with van der Waals surface area (Å²) in [5.41, 5.74) is 0.817. The maximum Gasteiger partial charge on any atom is 0.408 e. The van der Waals surface area contributed by atoms with E-state index in [0.29, 0.717) is 5.56 Å². The van der Waals surface area contributed by atoms with Gasteiger partial charge in [-0.25, -0.2) is 4.79 Å². The summed E-state index contributed by atoms with van der Waals surface area (Å²) < 4.78 is 0.774. The molecule has 1 aromatic rings. The average molecular weight is 311 g/mol. The van der Waals surface area contributed by atoms with E-state index in [1.807, 2.05) is 26.8 Å². The van der Waals surface area contributed by atoms with Gasteiger partial charge < -0.3 is 5.11 Å². The van der Waals surface area contributed by atoms with Crippen LogP contribution in [-0.2, 0) is 6.54 Å². The van der Waals surface area contributed by atoms with Gasteiger partial charge in [0.1, 0.15) is 0 Å². The Balaban J connectivity index is 3.06. The number of hydrogen-bond donors (Lipinski definition) is 1. The van der Waals surface area contributed by atoms with Crippen molar-refractivity contribution in [3.8, 4) is 6.07 Å². The van der Waals surface area contributed by atoms with E-state index in [2.05, 4.69) is 22.0 Å². The van der Waals surface area contributed by atoms with Crippen molar-refractivity contribution in [2.45, 2.75) is 32.9 Å². The van der Waals surface area contributed by atoms with Gasteiger partial charge in [0.05, 0.1) is 11.6 Å². The van der Waals surface area contributed by atoms with Crippen LogP contribution >= 0.6 is 15.9 Å². The van der Waals surface area contributed by atoms with Crippen LogP contribution in [0, 0.1) is 11.3 Å². The maximum absolute atomic E-state index is 11.2. The highest BCUT2D eigenvalue weighted by Gasteiger charge is 2.26. The molecule has 1 N–H and O–H groups in total. The number of amides is 1. The lowest BCUT2D eigenvalue weighted by Crippen LogP contribution is -2.44. The van der Waals surface area contributed by atoms with Crippen LogP contribution in [0.25, 0.3) is 0 Å². The number of nitrogens with zero attached hydrogens (tertiary/aromatic N) is 2.